The van der Waals surface area contributed by atoms with Crippen molar-refractivity contribution in [1.82, 2.24) is 4.98 Å². The molecule has 0 saturated carbocycles. The van der Waals surface area contributed by atoms with E-state index in [0.29, 0.717) is 12.2 Å². The molecule has 0 atom stereocenters. The quantitative estimate of drug-likeness (QED) is 0.649. The van der Waals surface area contributed by atoms with Crippen LogP contribution in [-0.2, 0) is 6.54 Å². The molecule has 0 saturated heterocycles. The van der Waals surface area contributed by atoms with E-state index in [-0.39, 0.29) is 0 Å². The molecule has 5 heteroatoms. The molecule has 120 valence electrons. The highest BCUT2D eigenvalue weighted by Gasteiger charge is 2.01. The van der Waals surface area contributed by atoms with Gasteiger partial charge >= 0.3 is 6.09 Å². The summed E-state index contributed by atoms with van der Waals surface area (Å²) < 4.78 is 0. The first-order valence-electron chi connectivity index (χ1n) is 7.54. The van der Waals surface area contributed by atoms with Crippen molar-refractivity contribution in [3.8, 4) is 11.1 Å². The van der Waals surface area contributed by atoms with Crippen LogP contribution in [0.4, 0.5) is 16.2 Å². The normalized spacial score (nSPS) is 10.2. The zero-order chi connectivity index (χ0) is 16.8. The molecule has 1 heterocycles. The predicted molar refractivity (Wildman–Crippen MR) is 95.1 cm³/mol. The molecule has 1 amide bonds. The van der Waals surface area contributed by atoms with Crippen LogP contribution in [0.1, 0.15) is 5.56 Å². The van der Waals surface area contributed by atoms with E-state index in [1.807, 2.05) is 30.3 Å². The van der Waals surface area contributed by atoms with Gasteiger partial charge in [-0.1, -0.05) is 18.2 Å². The van der Waals surface area contributed by atoms with Crippen LogP contribution in [0.5, 0.6) is 0 Å². The molecule has 0 aliphatic carbocycles. The van der Waals surface area contributed by atoms with E-state index in [2.05, 4.69) is 33.8 Å². The van der Waals surface area contributed by atoms with Crippen LogP contribution in [0.15, 0.2) is 73.1 Å². The third-order valence-electron chi connectivity index (χ3n) is 3.57. The fraction of sp³-hybridized carbons (Fsp3) is 0.0526. The maximum absolute atomic E-state index is 10.6. The second-order valence-electron chi connectivity index (χ2n) is 5.30. The Hall–Kier alpha value is -3.34. The number of rotatable bonds is 5. The van der Waals surface area contributed by atoms with Crippen LogP contribution in [0.2, 0.25) is 0 Å². The molecule has 0 aliphatic heterocycles. The maximum Gasteiger partial charge on any atom is 0.409 e. The highest BCUT2D eigenvalue weighted by Crippen LogP contribution is 2.20. The lowest BCUT2D eigenvalue weighted by molar-refractivity contribution is 0.210. The van der Waals surface area contributed by atoms with Gasteiger partial charge < -0.3 is 10.4 Å². The molecule has 5 nitrogen and oxygen atoms in total. The van der Waals surface area contributed by atoms with Crippen molar-refractivity contribution in [3.63, 3.8) is 0 Å². The van der Waals surface area contributed by atoms with Gasteiger partial charge in [-0.2, -0.15) is 0 Å². The number of hydrogen-bond acceptors (Lipinski definition) is 3. The van der Waals surface area contributed by atoms with E-state index in [1.165, 1.54) is 0 Å². The van der Waals surface area contributed by atoms with Gasteiger partial charge in [0.05, 0.1) is 0 Å². The van der Waals surface area contributed by atoms with Gasteiger partial charge in [0.15, 0.2) is 0 Å². The second kappa shape index (κ2) is 7.28. The van der Waals surface area contributed by atoms with Gasteiger partial charge in [0.1, 0.15) is 0 Å². The SMILES string of the molecule is O=C(O)Nc1ccc(NCc2cccc(-c3ccncc3)c2)cc1. The molecule has 0 unspecified atom stereocenters. The zero-order valence-electron chi connectivity index (χ0n) is 12.9. The first-order valence-corrected chi connectivity index (χ1v) is 7.54. The minimum atomic E-state index is -1.07. The number of aromatic nitrogens is 1. The van der Waals surface area contributed by atoms with Gasteiger partial charge in [-0.25, -0.2) is 4.79 Å². The van der Waals surface area contributed by atoms with E-state index in [0.717, 1.165) is 22.4 Å². The number of nitrogens with one attached hydrogen (secondary N) is 2. The zero-order valence-corrected chi connectivity index (χ0v) is 12.9. The largest absolute Gasteiger partial charge is 0.465 e. The summed E-state index contributed by atoms with van der Waals surface area (Å²) in [5, 5.41) is 14.3. The number of carboxylic acid groups (broad SMARTS) is 1. The topological polar surface area (TPSA) is 74.2 Å². The Balaban J connectivity index is 1.65. The number of carbonyl (C=O) groups is 1. The van der Waals surface area contributed by atoms with Crippen molar-refractivity contribution in [3.05, 3.63) is 78.6 Å². The van der Waals surface area contributed by atoms with Crippen LogP contribution < -0.4 is 10.6 Å². The fourth-order valence-corrected chi connectivity index (χ4v) is 2.40. The second-order valence-corrected chi connectivity index (χ2v) is 5.30. The monoisotopic (exact) mass is 319 g/mol. The van der Waals surface area contributed by atoms with Crippen LogP contribution in [-0.4, -0.2) is 16.2 Å². The third-order valence-corrected chi connectivity index (χ3v) is 3.57. The number of hydrogen-bond donors (Lipinski definition) is 3. The van der Waals surface area contributed by atoms with E-state index >= 15 is 0 Å². The van der Waals surface area contributed by atoms with Crippen molar-refractivity contribution in [2.45, 2.75) is 6.54 Å². The van der Waals surface area contributed by atoms with Crippen molar-refractivity contribution in [2.75, 3.05) is 10.6 Å². The minimum Gasteiger partial charge on any atom is -0.465 e. The predicted octanol–water partition coefficient (Wildman–Crippen LogP) is 4.45. The summed E-state index contributed by atoms with van der Waals surface area (Å²) >= 11 is 0. The number of nitrogens with zero attached hydrogens (tertiary/aromatic N) is 1. The van der Waals surface area contributed by atoms with Crippen LogP contribution in [0, 0.1) is 0 Å². The molecule has 24 heavy (non-hydrogen) atoms. The average Bonchev–Trinajstić information content (AvgIpc) is 2.62. The van der Waals surface area contributed by atoms with Gasteiger partial charge in [0.2, 0.25) is 0 Å². The average molecular weight is 319 g/mol. The molecule has 0 fully saturated rings. The molecular weight excluding hydrogens is 302 g/mol. The molecule has 3 rings (SSSR count). The number of pyridine rings is 1. The van der Waals surface area contributed by atoms with Gasteiger partial charge in [0.25, 0.3) is 0 Å². The van der Waals surface area contributed by atoms with Gasteiger partial charge in [-0.15, -0.1) is 0 Å². The lowest BCUT2D eigenvalue weighted by Gasteiger charge is -2.09. The summed E-state index contributed by atoms with van der Waals surface area (Å²) in [5.74, 6) is 0. The summed E-state index contributed by atoms with van der Waals surface area (Å²) in [6.07, 6.45) is 2.50. The molecule has 0 radical (unpaired) electrons. The van der Waals surface area contributed by atoms with Crippen LogP contribution in [0.25, 0.3) is 11.1 Å². The number of anilines is 2. The third kappa shape index (κ3) is 4.10. The van der Waals surface area contributed by atoms with Crippen molar-refractivity contribution in [1.29, 1.82) is 0 Å². The van der Waals surface area contributed by atoms with Crippen molar-refractivity contribution in [2.24, 2.45) is 0 Å². The van der Waals surface area contributed by atoms with Crippen LogP contribution in [0.3, 0.4) is 0 Å². The first kappa shape index (κ1) is 15.6. The van der Waals surface area contributed by atoms with E-state index < -0.39 is 6.09 Å². The molecule has 1 aromatic heterocycles. The Morgan fingerprint density at radius 1 is 0.917 bits per heavy atom. The standard InChI is InChI=1S/C19H17N3O2/c23-19(24)22-18-6-4-17(5-7-18)21-13-14-2-1-3-16(12-14)15-8-10-20-11-9-15/h1-12,21-22H,13H2,(H,23,24). The Morgan fingerprint density at radius 3 is 2.33 bits per heavy atom. The lowest BCUT2D eigenvalue weighted by atomic mass is 10.0. The van der Waals surface area contributed by atoms with Crippen LogP contribution >= 0.6 is 0 Å². The fourth-order valence-electron chi connectivity index (χ4n) is 2.40. The molecule has 0 bridgehead atoms. The summed E-state index contributed by atoms with van der Waals surface area (Å²) in [6, 6.07) is 19.4. The Kier molecular flexibility index (Phi) is 4.72. The van der Waals surface area contributed by atoms with E-state index in [1.54, 1.807) is 24.5 Å². The molecule has 0 spiro atoms. The molecule has 2 aromatic carbocycles. The summed E-state index contributed by atoms with van der Waals surface area (Å²) in [6.45, 7) is 0.685. The number of amides is 1. The maximum atomic E-state index is 10.6. The highest BCUT2D eigenvalue weighted by molar-refractivity contribution is 5.83. The molecule has 3 aromatic rings. The van der Waals surface area contributed by atoms with E-state index in [9.17, 15) is 4.79 Å². The minimum absolute atomic E-state index is 0.549. The van der Waals surface area contributed by atoms with E-state index in [4.69, 9.17) is 5.11 Å². The van der Waals surface area contributed by atoms with Gasteiger partial charge in [-0.05, 0) is 59.2 Å². The highest BCUT2D eigenvalue weighted by atomic mass is 16.4. The smallest absolute Gasteiger partial charge is 0.409 e. The Bertz CT molecular complexity index is 818. The van der Waals surface area contributed by atoms with Crippen molar-refractivity contribution >= 4 is 17.5 Å². The Labute approximate surface area is 140 Å². The summed E-state index contributed by atoms with van der Waals surface area (Å²) in [7, 11) is 0. The van der Waals surface area contributed by atoms with Gasteiger partial charge in [0, 0.05) is 30.3 Å². The Morgan fingerprint density at radius 2 is 1.62 bits per heavy atom. The summed E-state index contributed by atoms with van der Waals surface area (Å²) in [4.78, 5) is 14.6. The lowest BCUT2D eigenvalue weighted by Crippen LogP contribution is -2.07. The molecule has 3 N–H and O–H groups in total. The molecule has 0 aliphatic rings. The molecular formula is C19H17N3O2. The number of benzene rings is 2. The van der Waals surface area contributed by atoms with Gasteiger partial charge in [-0.3, -0.25) is 10.3 Å². The summed E-state index contributed by atoms with van der Waals surface area (Å²) in [5.41, 5.74) is 4.93. The van der Waals surface area contributed by atoms with Crippen molar-refractivity contribution < 1.29 is 9.90 Å². The first-order chi connectivity index (χ1) is 11.7.